The molecule has 0 fully saturated rings. The minimum absolute atomic E-state index is 0.0268. The van der Waals surface area contributed by atoms with Crippen molar-refractivity contribution in [1.82, 2.24) is 9.78 Å². The number of hydrazine groups is 1. The van der Waals surface area contributed by atoms with Crippen LogP contribution in [-0.4, -0.2) is 14.7 Å². The summed E-state index contributed by atoms with van der Waals surface area (Å²) in [4.78, 5) is 10.5. The van der Waals surface area contributed by atoms with Gasteiger partial charge in [0.2, 0.25) is 0 Å². The van der Waals surface area contributed by atoms with Crippen molar-refractivity contribution >= 4 is 11.4 Å². The van der Waals surface area contributed by atoms with E-state index in [0.29, 0.717) is 11.4 Å². The first kappa shape index (κ1) is 14.0. The minimum Gasteiger partial charge on any atom is -0.324 e. The Morgan fingerprint density at radius 1 is 1.40 bits per heavy atom. The lowest BCUT2D eigenvalue weighted by atomic mass is 10.1. The number of nitro groups is 1. The highest BCUT2D eigenvalue weighted by atomic mass is 16.6. The first-order chi connectivity index (χ1) is 9.47. The quantitative estimate of drug-likeness (QED) is 0.506. The van der Waals surface area contributed by atoms with Crippen LogP contribution in [0.5, 0.6) is 0 Å². The third-order valence-corrected chi connectivity index (χ3v) is 3.32. The summed E-state index contributed by atoms with van der Waals surface area (Å²) in [6.07, 6.45) is 0.870. The molecule has 2 rings (SSSR count). The predicted octanol–water partition coefficient (Wildman–Crippen LogP) is 2.25. The molecule has 1 aromatic heterocycles. The van der Waals surface area contributed by atoms with Crippen LogP contribution in [0.3, 0.4) is 0 Å². The summed E-state index contributed by atoms with van der Waals surface area (Å²) in [6, 6.07) is 4.60. The van der Waals surface area contributed by atoms with Crippen LogP contribution >= 0.6 is 0 Å². The van der Waals surface area contributed by atoms with Gasteiger partial charge in [0.25, 0.3) is 5.69 Å². The van der Waals surface area contributed by atoms with E-state index in [9.17, 15) is 10.1 Å². The molecule has 0 amide bonds. The lowest BCUT2D eigenvalue weighted by Gasteiger charge is -2.08. The van der Waals surface area contributed by atoms with Gasteiger partial charge in [0.15, 0.2) is 0 Å². The van der Waals surface area contributed by atoms with Crippen molar-refractivity contribution in [3.63, 3.8) is 0 Å². The Hall–Kier alpha value is -2.41. The number of hydrogen-bond donors (Lipinski definition) is 2. The van der Waals surface area contributed by atoms with Gasteiger partial charge in [0, 0.05) is 17.8 Å². The second-order valence-corrected chi connectivity index (χ2v) is 4.55. The lowest BCUT2D eigenvalue weighted by molar-refractivity contribution is -0.384. The summed E-state index contributed by atoms with van der Waals surface area (Å²) in [5, 5.41) is 15.4. The van der Waals surface area contributed by atoms with Crippen molar-refractivity contribution in [2.45, 2.75) is 27.2 Å². The molecule has 20 heavy (non-hydrogen) atoms. The summed E-state index contributed by atoms with van der Waals surface area (Å²) < 4.78 is 1.71. The van der Waals surface area contributed by atoms with Crippen LogP contribution in [0.2, 0.25) is 0 Å². The Kier molecular flexibility index (Phi) is 3.71. The molecule has 1 heterocycles. The Balaban J connectivity index is 2.63. The normalized spacial score (nSPS) is 10.6. The largest absolute Gasteiger partial charge is 0.324 e. The molecule has 106 valence electrons. The number of aryl methyl sites for hydroxylation is 1. The third-order valence-electron chi connectivity index (χ3n) is 3.32. The van der Waals surface area contributed by atoms with Crippen LogP contribution in [0.1, 0.15) is 23.9 Å². The van der Waals surface area contributed by atoms with Crippen LogP contribution < -0.4 is 11.3 Å². The molecular formula is C13H17N5O2. The summed E-state index contributed by atoms with van der Waals surface area (Å²) in [5.74, 6) is 5.36. The standard InChI is InChI=1S/C13H17N5O2/c1-4-13-8(2)16-17(9(13)3)11-5-10(15-14)6-12(7-11)18(19)20/h5-7,15H,4,14H2,1-3H3. The van der Waals surface area contributed by atoms with E-state index in [1.807, 2.05) is 13.8 Å². The maximum Gasteiger partial charge on any atom is 0.273 e. The first-order valence-corrected chi connectivity index (χ1v) is 6.29. The molecule has 0 spiro atoms. The van der Waals surface area contributed by atoms with E-state index in [1.165, 1.54) is 12.1 Å². The topological polar surface area (TPSA) is 99.0 Å². The minimum atomic E-state index is -0.448. The zero-order valence-electron chi connectivity index (χ0n) is 11.7. The molecule has 0 aliphatic carbocycles. The van der Waals surface area contributed by atoms with Crippen molar-refractivity contribution < 1.29 is 4.92 Å². The summed E-state index contributed by atoms with van der Waals surface area (Å²) >= 11 is 0. The highest BCUT2D eigenvalue weighted by Crippen LogP contribution is 2.25. The highest BCUT2D eigenvalue weighted by molar-refractivity contribution is 5.58. The van der Waals surface area contributed by atoms with Crippen molar-refractivity contribution in [2.24, 2.45) is 5.84 Å². The zero-order valence-corrected chi connectivity index (χ0v) is 11.7. The molecule has 3 N–H and O–H groups in total. The number of anilines is 1. The molecule has 2 aromatic rings. The molecule has 0 radical (unpaired) electrons. The second-order valence-electron chi connectivity index (χ2n) is 4.55. The van der Waals surface area contributed by atoms with Crippen LogP contribution in [-0.2, 0) is 6.42 Å². The van der Waals surface area contributed by atoms with Crippen LogP contribution in [0.4, 0.5) is 11.4 Å². The fraction of sp³-hybridized carbons (Fsp3) is 0.308. The molecule has 0 aliphatic rings. The molecule has 7 nitrogen and oxygen atoms in total. The van der Waals surface area contributed by atoms with E-state index in [0.717, 1.165) is 23.4 Å². The van der Waals surface area contributed by atoms with Crippen LogP contribution in [0, 0.1) is 24.0 Å². The van der Waals surface area contributed by atoms with Crippen molar-refractivity contribution in [1.29, 1.82) is 0 Å². The number of non-ortho nitro benzene ring substituents is 1. The second kappa shape index (κ2) is 5.30. The number of benzene rings is 1. The smallest absolute Gasteiger partial charge is 0.273 e. The Morgan fingerprint density at radius 3 is 2.60 bits per heavy atom. The molecule has 7 heteroatoms. The summed E-state index contributed by atoms with van der Waals surface area (Å²) in [5.41, 5.74) is 6.57. The van der Waals surface area contributed by atoms with Gasteiger partial charge in [-0.1, -0.05) is 6.92 Å². The van der Waals surface area contributed by atoms with Crippen molar-refractivity contribution in [2.75, 3.05) is 5.43 Å². The molecule has 0 saturated heterocycles. The van der Waals surface area contributed by atoms with E-state index in [4.69, 9.17) is 5.84 Å². The average Bonchev–Trinajstić information content (AvgIpc) is 2.72. The van der Waals surface area contributed by atoms with Crippen molar-refractivity contribution in [3.05, 3.63) is 45.3 Å². The summed E-state index contributed by atoms with van der Waals surface area (Å²) in [7, 11) is 0. The van der Waals surface area contributed by atoms with Gasteiger partial charge in [0.1, 0.15) is 0 Å². The maximum atomic E-state index is 11.0. The van der Waals surface area contributed by atoms with Gasteiger partial charge in [0.05, 0.1) is 22.0 Å². The van der Waals surface area contributed by atoms with Crippen molar-refractivity contribution in [3.8, 4) is 5.69 Å². The lowest BCUT2D eigenvalue weighted by Crippen LogP contribution is -2.09. The van der Waals surface area contributed by atoms with Gasteiger partial charge in [-0.15, -0.1) is 0 Å². The number of rotatable bonds is 4. The number of nitrogens with two attached hydrogens (primary N) is 1. The number of nitrogens with zero attached hydrogens (tertiary/aromatic N) is 3. The Labute approximate surface area is 116 Å². The molecule has 0 aliphatic heterocycles. The van der Waals surface area contributed by atoms with Crippen LogP contribution in [0.15, 0.2) is 18.2 Å². The fourth-order valence-electron chi connectivity index (χ4n) is 2.34. The van der Waals surface area contributed by atoms with E-state index in [1.54, 1.807) is 10.7 Å². The van der Waals surface area contributed by atoms with E-state index < -0.39 is 4.92 Å². The van der Waals surface area contributed by atoms with Gasteiger partial charge in [-0.3, -0.25) is 16.0 Å². The van der Waals surface area contributed by atoms with Gasteiger partial charge in [-0.05, 0) is 31.9 Å². The van der Waals surface area contributed by atoms with Crippen LogP contribution in [0.25, 0.3) is 5.69 Å². The Morgan fingerprint density at radius 2 is 2.10 bits per heavy atom. The average molecular weight is 275 g/mol. The molecule has 0 saturated carbocycles. The van der Waals surface area contributed by atoms with E-state index >= 15 is 0 Å². The Bertz CT molecular complexity index is 663. The number of nitrogen functional groups attached to an aromatic ring is 1. The van der Waals surface area contributed by atoms with Gasteiger partial charge in [-0.25, -0.2) is 4.68 Å². The molecule has 0 atom stereocenters. The summed E-state index contributed by atoms with van der Waals surface area (Å²) in [6.45, 7) is 5.94. The molecule has 1 aromatic carbocycles. The molecular weight excluding hydrogens is 258 g/mol. The van der Waals surface area contributed by atoms with E-state index in [2.05, 4.69) is 17.4 Å². The monoisotopic (exact) mass is 275 g/mol. The maximum absolute atomic E-state index is 11.0. The van der Waals surface area contributed by atoms with E-state index in [-0.39, 0.29) is 5.69 Å². The zero-order chi connectivity index (χ0) is 14.9. The number of hydrogen-bond acceptors (Lipinski definition) is 5. The van der Waals surface area contributed by atoms with Gasteiger partial charge < -0.3 is 5.43 Å². The molecule has 0 unspecified atom stereocenters. The van der Waals surface area contributed by atoms with Gasteiger partial charge in [-0.2, -0.15) is 5.10 Å². The fourth-order valence-corrected chi connectivity index (χ4v) is 2.34. The number of aromatic nitrogens is 2. The van der Waals surface area contributed by atoms with Gasteiger partial charge >= 0.3 is 0 Å². The molecule has 0 bridgehead atoms. The first-order valence-electron chi connectivity index (χ1n) is 6.29. The predicted molar refractivity (Wildman–Crippen MR) is 76.9 cm³/mol. The third kappa shape index (κ3) is 2.35. The number of nitro benzene ring substituents is 1. The highest BCUT2D eigenvalue weighted by Gasteiger charge is 2.15. The number of nitrogens with one attached hydrogen (secondary N) is 1. The SMILES string of the molecule is CCc1c(C)nn(-c2cc(NN)cc([N+](=O)[O-])c2)c1C.